The van der Waals surface area contributed by atoms with Gasteiger partial charge in [-0.15, -0.1) is 0 Å². The van der Waals surface area contributed by atoms with Gasteiger partial charge in [0, 0.05) is 11.6 Å². The number of hydrogen-bond donors (Lipinski definition) is 2. The zero-order chi connectivity index (χ0) is 18.4. The standard InChI is InChI=1S/C19H20ClN5O/c1-14(16-5-7-18(8-6-16)25-13-21-12-23-25)24-19(26)22-10-9-15-3-2-4-17(20)11-15/h2-8,11-14H,9-10H2,1H3,(H2,22,24,26). The predicted octanol–water partition coefficient (Wildman–Crippen LogP) is 3.52. The van der Waals surface area contributed by atoms with Gasteiger partial charge in [0.1, 0.15) is 12.7 Å². The Morgan fingerprint density at radius 1 is 1.23 bits per heavy atom. The highest BCUT2D eigenvalue weighted by molar-refractivity contribution is 6.30. The fourth-order valence-corrected chi connectivity index (χ4v) is 2.81. The average molecular weight is 370 g/mol. The van der Waals surface area contributed by atoms with Crippen LogP contribution in [0.3, 0.4) is 0 Å². The van der Waals surface area contributed by atoms with Crippen LogP contribution in [-0.4, -0.2) is 27.3 Å². The van der Waals surface area contributed by atoms with Crippen LogP contribution in [0.1, 0.15) is 24.1 Å². The summed E-state index contributed by atoms with van der Waals surface area (Å²) in [6, 6.07) is 15.2. The van der Waals surface area contributed by atoms with E-state index in [0.717, 1.165) is 23.2 Å². The van der Waals surface area contributed by atoms with Crippen LogP contribution in [0.5, 0.6) is 0 Å². The van der Waals surface area contributed by atoms with Gasteiger partial charge in [-0.3, -0.25) is 0 Å². The molecule has 0 bridgehead atoms. The molecular weight excluding hydrogens is 350 g/mol. The van der Waals surface area contributed by atoms with Gasteiger partial charge in [-0.05, 0) is 48.7 Å². The monoisotopic (exact) mass is 369 g/mol. The smallest absolute Gasteiger partial charge is 0.315 e. The lowest BCUT2D eigenvalue weighted by Crippen LogP contribution is -2.38. The first-order valence-electron chi connectivity index (χ1n) is 8.35. The Bertz CT molecular complexity index is 849. The molecule has 2 aromatic carbocycles. The third-order valence-electron chi connectivity index (χ3n) is 4.01. The number of carbonyl (C=O) groups excluding carboxylic acids is 1. The van der Waals surface area contributed by atoms with Crippen LogP contribution in [0, 0.1) is 0 Å². The van der Waals surface area contributed by atoms with E-state index in [1.807, 2.05) is 55.5 Å². The van der Waals surface area contributed by atoms with Gasteiger partial charge < -0.3 is 10.6 Å². The highest BCUT2D eigenvalue weighted by Gasteiger charge is 2.09. The van der Waals surface area contributed by atoms with Gasteiger partial charge >= 0.3 is 6.03 Å². The van der Waals surface area contributed by atoms with Gasteiger partial charge in [0.15, 0.2) is 0 Å². The molecule has 134 valence electrons. The van der Waals surface area contributed by atoms with Crippen molar-refractivity contribution in [1.29, 1.82) is 0 Å². The van der Waals surface area contributed by atoms with Crippen molar-refractivity contribution in [3.8, 4) is 5.69 Å². The summed E-state index contributed by atoms with van der Waals surface area (Å²) in [5, 5.41) is 10.6. The van der Waals surface area contributed by atoms with Gasteiger partial charge in [-0.25, -0.2) is 14.5 Å². The van der Waals surface area contributed by atoms with Gasteiger partial charge in [0.05, 0.1) is 11.7 Å². The molecule has 2 amide bonds. The van der Waals surface area contributed by atoms with Gasteiger partial charge in [0.25, 0.3) is 0 Å². The van der Waals surface area contributed by atoms with Gasteiger partial charge in [-0.2, -0.15) is 5.10 Å². The Balaban J connectivity index is 1.47. The molecule has 2 N–H and O–H groups in total. The summed E-state index contributed by atoms with van der Waals surface area (Å²) in [6.45, 7) is 2.49. The molecule has 3 rings (SSSR count). The minimum Gasteiger partial charge on any atom is -0.338 e. The van der Waals surface area contributed by atoms with Gasteiger partial charge in [-0.1, -0.05) is 35.9 Å². The number of halogens is 1. The Morgan fingerprint density at radius 2 is 2.04 bits per heavy atom. The molecule has 0 radical (unpaired) electrons. The second-order valence-corrected chi connectivity index (χ2v) is 6.37. The zero-order valence-corrected chi connectivity index (χ0v) is 15.1. The number of amides is 2. The van der Waals surface area contributed by atoms with E-state index >= 15 is 0 Å². The zero-order valence-electron chi connectivity index (χ0n) is 14.4. The number of rotatable bonds is 6. The van der Waals surface area contributed by atoms with Crippen LogP contribution in [0.25, 0.3) is 5.69 Å². The summed E-state index contributed by atoms with van der Waals surface area (Å²) in [5.74, 6) is 0. The van der Waals surface area contributed by atoms with E-state index in [0.29, 0.717) is 11.6 Å². The molecule has 0 aliphatic rings. The minimum absolute atomic E-state index is 0.106. The molecule has 6 nitrogen and oxygen atoms in total. The van der Waals surface area contributed by atoms with Crippen LogP contribution in [0.15, 0.2) is 61.2 Å². The normalized spacial score (nSPS) is 11.8. The van der Waals surface area contributed by atoms with E-state index in [9.17, 15) is 4.79 Å². The average Bonchev–Trinajstić information content (AvgIpc) is 3.16. The first kappa shape index (κ1) is 17.9. The molecule has 1 unspecified atom stereocenters. The van der Waals surface area contributed by atoms with Crippen molar-refractivity contribution < 1.29 is 4.79 Å². The Labute approximate surface area is 157 Å². The van der Waals surface area contributed by atoms with Crippen LogP contribution in [0.2, 0.25) is 5.02 Å². The molecule has 1 heterocycles. The molecule has 0 saturated carbocycles. The number of benzene rings is 2. The third kappa shape index (κ3) is 4.83. The number of urea groups is 1. The Kier molecular flexibility index (Phi) is 5.86. The summed E-state index contributed by atoms with van der Waals surface area (Å²) in [7, 11) is 0. The van der Waals surface area contributed by atoms with Crippen LogP contribution >= 0.6 is 11.6 Å². The molecule has 26 heavy (non-hydrogen) atoms. The third-order valence-corrected chi connectivity index (χ3v) is 4.25. The van der Waals surface area contributed by atoms with E-state index in [1.165, 1.54) is 6.33 Å². The summed E-state index contributed by atoms with van der Waals surface area (Å²) in [5.41, 5.74) is 3.03. The molecule has 0 spiro atoms. The van der Waals surface area contributed by atoms with Crippen molar-refractivity contribution in [3.63, 3.8) is 0 Å². The molecule has 0 aliphatic heterocycles. The second kappa shape index (κ2) is 8.49. The Hall–Kier alpha value is -2.86. The van der Waals surface area contributed by atoms with Crippen molar-refractivity contribution in [2.45, 2.75) is 19.4 Å². The van der Waals surface area contributed by atoms with Crippen molar-refractivity contribution in [2.24, 2.45) is 0 Å². The first-order valence-corrected chi connectivity index (χ1v) is 8.73. The second-order valence-electron chi connectivity index (χ2n) is 5.93. The van der Waals surface area contributed by atoms with Gasteiger partial charge in [0.2, 0.25) is 0 Å². The maximum Gasteiger partial charge on any atom is 0.315 e. The van der Waals surface area contributed by atoms with E-state index in [1.54, 1.807) is 11.0 Å². The highest BCUT2D eigenvalue weighted by atomic mass is 35.5. The fourth-order valence-electron chi connectivity index (χ4n) is 2.60. The molecule has 0 aliphatic carbocycles. The van der Waals surface area contributed by atoms with Crippen LogP contribution in [0.4, 0.5) is 4.79 Å². The van der Waals surface area contributed by atoms with Crippen molar-refractivity contribution >= 4 is 17.6 Å². The van der Waals surface area contributed by atoms with E-state index < -0.39 is 0 Å². The molecule has 0 saturated heterocycles. The van der Waals surface area contributed by atoms with E-state index in [-0.39, 0.29) is 12.1 Å². The molecule has 0 fully saturated rings. The molecule has 7 heteroatoms. The summed E-state index contributed by atoms with van der Waals surface area (Å²) >= 11 is 5.96. The topological polar surface area (TPSA) is 71.8 Å². The SMILES string of the molecule is CC(NC(=O)NCCc1cccc(Cl)c1)c1ccc(-n2cncn2)cc1. The molecule has 1 atom stereocenters. The summed E-state index contributed by atoms with van der Waals surface area (Å²) in [6.07, 6.45) is 3.87. The van der Waals surface area contributed by atoms with E-state index in [4.69, 9.17) is 11.6 Å². The molecular formula is C19H20ClN5O. The lowest BCUT2D eigenvalue weighted by molar-refractivity contribution is 0.238. The largest absolute Gasteiger partial charge is 0.338 e. The maximum absolute atomic E-state index is 12.1. The lowest BCUT2D eigenvalue weighted by Gasteiger charge is -2.15. The number of carbonyl (C=O) groups is 1. The van der Waals surface area contributed by atoms with Crippen molar-refractivity contribution in [1.82, 2.24) is 25.4 Å². The predicted molar refractivity (Wildman–Crippen MR) is 101 cm³/mol. The summed E-state index contributed by atoms with van der Waals surface area (Å²) < 4.78 is 1.68. The van der Waals surface area contributed by atoms with Crippen molar-refractivity contribution in [2.75, 3.05) is 6.54 Å². The maximum atomic E-state index is 12.1. The Morgan fingerprint density at radius 3 is 2.73 bits per heavy atom. The lowest BCUT2D eigenvalue weighted by atomic mass is 10.1. The van der Waals surface area contributed by atoms with Crippen LogP contribution < -0.4 is 10.6 Å². The van der Waals surface area contributed by atoms with E-state index in [2.05, 4.69) is 20.7 Å². The molecule has 1 aromatic heterocycles. The first-order chi connectivity index (χ1) is 12.6. The number of nitrogens with zero attached hydrogens (tertiary/aromatic N) is 3. The van der Waals surface area contributed by atoms with Crippen molar-refractivity contribution in [3.05, 3.63) is 77.3 Å². The highest BCUT2D eigenvalue weighted by Crippen LogP contribution is 2.15. The van der Waals surface area contributed by atoms with Crippen LogP contribution in [-0.2, 0) is 6.42 Å². The number of aromatic nitrogens is 3. The minimum atomic E-state index is -0.195. The molecule has 3 aromatic rings. The summed E-state index contributed by atoms with van der Waals surface area (Å²) in [4.78, 5) is 16.0. The number of nitrogens with one attached hydrogen (secondary N) is 2. The quantitative estimate of drug-likeness (QED) is 0.698. The number of hydrogen-bond acceptors (Lipinski definition) is 3. The fraction of sp³-hybridized carbons (Fsp3) is 0.211.